The van der Waals surface area contributed by atoms with Gasteiger partial charge in [0, 0.05) is 49.6 Å². The van der Waals surface area contributed by atoms with Gasteiger partial charge in [0.2, 0.25) is 0 Å². The predicted octanol–water partition coefficient (Wildman–Crippen LogP) is 3.78. The van der Waals surface area contributed by atoms with Gasteiger partial charge in [-0.2, -0.15) is 0 Å². The van der Waals surface area contributed by atoms with Gasteiger partial charge in [0.1, 0.15) is 6.04 Å². The van der Waals surface area contributed by atoms with Gasteiger partial charge in [-0.1, -0.05) is 25.1 Å². The van der Waals surface area contributed by atoms with E-state index in [4.69, 9.17) is 4.74 Å². The summed E-state index contributed by atoms with van der Waals surface area (Å²) in [5.74, 6) is 0.696. The number of fused-ring (bicyclic) bond motifs is 1. The number of rotatable bonds is 7. The molecule has 6 rings (SSSR count). The van der Waals surface area contributed by atoms with Gasteiger partial charge in [0.25, 0.3) is 5.56 Å². The average molecular weight is 528 g/mol. The molecule has 1 N–H and O–H groups in total. The first-order valence-electron chi connectivity index (χ1n) is 14.1. The van der Waals surface area contributed by atoms with Crippen LogP contribution >= 0.6 is 0 Å². The average Bonchev–Trinajstić information content (AvgIpc) is 3.63. The van der Waals surface area contributed by atoms with Crippen molar-refractivity contribution in [2.45, 2.75) is 58.7 Å². The standard InChI is InChI=1S/C30H37N7O2/c1-4-22-9-10-26-23(17-22)18-25(30(38)31-26)28(29-32-33-34-37(29)19-24-6-5-15-39-24)36-13-11-35(12-14-36)27-16-20(2)7-8-21(27)3/h7-10,16-18,24,28H,4-6,11-15,19H2,1-3H3,(H,31,38)/t24-,28-/m0/s1. The zero-order valence-corrected chi connectivity index (χ0v) is 23.1. The summed E-state index contributed by atoms with van der Waals surface area (Å²) in [4.78, 5) is 21.5. The molecule has 39 heavy (non-hydrogen) atoms. The van der Waals surface area contributed by atoms with Crippen molar-refractivity contribution in [1.82, 2.24) is 30.1 Å². The van der Waals surface area contributed by atoms with Crippen molar-refractivity contribution in [2.75, 3.05) is 37.7 Å². The summed E-state index contributed by atoms with van der Waals surface area (Å²) < 4.78 is 7.75. The number of nitrogens with one attached hydrogen (secondary N) is 1. The molecule has 2 atom stereocenters. The molecule has 2 fully saturated rings. The molecular formula is C30H37N7O2. The van der Waals surface area contributed by atoms with Crippen molar-refractivity contribution in [3.8, 4) is 0 Å². The van der Waals surface area contributed by atoms with Crippen molar-refractivity contribution in [1.29, 1.82) is 0 Å². The minimum Gasteiger partial charge on any atom is -0.376 e. The molecule has 0 amide bonds. The number of nitrogens with zero attached hydrogens (tertiary/aromatic N) is 6. The van der Waals surface area contributed by atoms with Crippen molar-refractivity contribution >= 4 is 16.6 Å². The summed E-state index contributed by atoms with van der Waals surface area (Å²) >= 11 is 0. The molecule has 0 bridgehead atoms. The highest BCUT2D eigenvalue weighted by atomic mass is 16.5. The van der Waals surface area contributed by atoms with Gasteiger partial charge in [-0.25, -0.2) is 4.68 Å². The number of benzene rings is 2. The number of aromatic nitrogens is 5. The minimum atomic E-state index is -0.361. The maximum absolute atomic E-state index is 13.6. The van der Waals surface area contributed by atoms with Crippen LogP contribution in [0.2, 0.25) is 0 Å². The largest absolute Gasteiger partial charge is 0.376 e. The van der Waals surface area contributed by atoms with Crippen LogP contribution in [0.5, 0.6) is 0 Å². The molecule has 9 nitrogen and oxygen atoms in total. The fourth-order valence-electron chi connectivity index (χ4n) is 5.99. The van der Waals surface area contributed by atoms with E-state index in [0.717, 1.165) is 63.0 Å². The van der Waals surface area contributed by atoms with E-state index >= 15 is 0 Å². The third kappa shape index (κ3) is 5.21. The van der Waals surface area contributed by atoms with Crippen LogP contribution in [0.4, 0.5) is 5.69 Å². The number of anilines is 1. The molecule has 0 saturated carbocycles. The Morgan fingerprint density at radius 2 is 1.92 bits per heavy atom. The van der Waals surface area contributed by atoms with Crippen molar-refractivity contribution in [2.24, 2.45) is 0 Å². The lowest BCUT2D eigenvalue weighted by Gasteiger charge is -2.40. The van der Waals surface area contributed by atoms with Crippen LogP contribution in [0.15, 0.2) is 47.3 Å². The Kier molecular flexibility index (Phi) is 7.18. The summed E-state index contributed by atoms with van der Waals surface area (Å²) in [6.07, 6.45) is 3.08. The second-order valence-electron chi connectivity index (χ2n) is 10.9. The summed E-state index contributed by atoms with van der Waals surface area (Å²) in [6.45, 7) is 11.1. The highest BCUT2D eigenvalue weighted by molar-refractivity contribution is 5.80. The van der Waals surface area contributed by atoms with Gasteiger partial charge in [0.15, 0.2) is 5.82 Å². The van der Waals surface area contributed by atoms with E-state index in [2.05, 4.69) is 81.4 Å². The lowest BCUT2D eigenvalue weighted by Crippen LogP contribution is -2.49. The van der Waals surface area contributed by atoms with E-state index in [-0.39, 0.29) is 17.7 Å². The first-order chi connectivity index (χ1) is 19.0. The van der Waals surface area contributed by atoms with Gasteiger partial charge in [-0.05, 0) is 89.9 Å². The number of hydrogen-bond donors (Lipinski definition) is 1. The molecule has 9 heteroatoms. The molecule has 2 aliphatic heterocycles. The molecule has 2 aromatic heterocycles. The van der Waals surface area contributed by atoms with Crippen LogP contribution in [0.3, 0.4) is 0 Å². The molecule has 4 aromatic rings. The van der Waals surface area contributed by atoms with E-state index < -0.39 is 0 Å². The second-order valence-corrected chi connectivity index (χ2v) is 10.9. The highest BCUT2D eigenvalue weighted by Gasteiger charge is 2.33. The van der Waals surface area contributed by atoms with Crippen molar-refractivity contribution in [3.63, 3.8) is 0 Å². The number of pyridine rings is 1. The predicted molar refractivity (Wildman–Crippen MR) is 152 cm³/mol. The topological polar surface area (TPSA) is 92.2 Å². The second kappa shape index (κ2) is 10.9. The van der Waals surface area contributed by atoms with Crippen LogP contribution in [-0.2, 0) is 17.7 Å². The molecule has 4 heterocycles. The molecule has 0 spiro atoms. The van der Waals surface area contributed by atoms with Crippen LogP contribution in [-0.4, -0.2) is 69.0 Å². The Morgan fingerprint density at radius 1 is 1.08 bits per heavy atom. The van der Waals surface area contributed by atoms with Gasteiger partial charge in [0.05, 0.1) is 12.6 Å². The Labute approximate surface area is 228 Å². The van der Waals surface area contributed by atoms with E-state index in [1.54, 1.807) is 0 Å². The molecule has 2 aliphatic rings. The fraction of sp³-hybridized carbons (Fsp3) is 0.467. The van der Waals surface area contributed by atoms with E-state index in [1.807, 2.05) is 16.8 Å². The quantitative estimate of drug-likeness (QED) is 0.391. The van der Waals surface area contributed by atoms with Gasteiger partial charge in [-0.15, -0.1) is 5.10 Å². The number of tetrazole rings is 1. The maximum Gasteiger partial charge on any atom is 0.253 e. The first kappa shape index (κ1) is 25.7. The van der Waals surface area contributed by atoms with Gasteiger partial charge in [-0.3, -0.25) is 9.69 Å². The monoisotopic (exact) mass is 527 g/mol. The number of H-pyrrole nitrogens is 1. The normalized spacial score (nSPS) is 19.2. The number of hydrogen-bond acceptors (Lipinski definition) is 7. The van der Waals surface area contributed by atoms with Crippen molar-refractivity contribution in [3.05, 3.63) is 80.9 Å². The number of ether oxygens (including phenoxy) is 1. The fourth-order valence-corrected chi connectivity index (χ4v) is 5.99. The Hall–Kier alpha value is -3.56. The molecule has 2 aromatic carbocycles. The Morgan fingerprint density at radius 3 is 2.69 bits per heavy atom. The van der Waals surface area contributed by atoms with Crippen LogP contribution < -0.4 is 10.5 Å². The lowest BCUT2D eigenvalue weighted by atomic mass is 10.0. The summed E-state index contributed by atoms with van der Waals surface area (Å²) in [5.41, 5.74) is 6.49. The third-order valence-electron chi connectivity index (χ3n) is 8.23. The summed E-state index contributed by atoms with van der Waals surface area (Å²) in [6, 6.07) is 14.5. The van der Waals surface area contributed by atoms with Crippen molar-refractivity contribution < 1.29 is 4.74 Å². The smallest absolute Gasteiger partial charge is 0.253 e. The molecule has 0 radical (unpaired) electrons. The zero-order valence-electron chi connectivity index (χ0n) is 23.1. The van der Waals surface area contributed by atoms with Crippen LogP contribution in [0.1, 0.15) is 53.9 Å². The number of aromatic amines is 1. The summed E-state index contributed by atoms with van der Waals surface area (Å²) in [7, 11) is 0. The molecule has 0 aliphatic carbocycles. The minimum absolute atomic E-state index is 0.0936. The van der Waals surface area contributed by atoms with E-state index in [0.29, 0.717) is 17.9 Å². The molecular weight excluding hydrogens is 490 g/mol. The molecule has 2 saturated heterocycles. The van der Waals surface area contributed by atoms with Gasteiger partial charge >= 0.3 is 0 Å². The SMILES string of the molecule is CCc1ccc2[nH]c(=O)c([C@@H](c3nnnn3C[C@@H]3CCCO3)N3CCN(c4cc(C)ccc4C)CC3)cc2c1. The van der Waals surface area contributed by atoms with E-state index in [1.165, 1.54) is 22.4 Å². The number of aryl methyl sites for hydroxylation is 3. The van der Waals surface area contributed by atoms with E-state index in [9.17, 15) is 4.79 Å². The Balaban J connectivity index is 1.37. The number of piperazine rings is 1. The third-order valence-corrected chi connectivity index (χ3v) is 8.23. The zero-order chi connectivity index (χ0) is 26.9. The maximum atomic E-state index is 13.6. The Bertz CT molecular complexity index is 1510. The molecule has 0 unspecified atom stereocenters. The summed E-state index contributed by atoms with van der Waals surface area (Å²) in [5, 5.41) is 14.0. The van der Waals surface area contributed by atoms with Crippen LogP contribution in [0.25, 0.3) is 10.9 Å². The highest BCUT2D eigenvalue weighted by Crippen LogP contribution is 2.30. The van der Waals surface area contributed by atoms with Gasteiger partial charge < -0.3 is 14.6 Å². The molecule has 204 valence electrons. The lowest BCUT2D eigenvalue weighted by molar-refractivity contribution is 0.0906. The van der Waals surface area contributed by atoms with Crippen LogP contribution in [0, 0.1) is 13.8 Å². The first-order valence-corrected chi connectivity index (χ1v) is 14.1.